The van der Waals surface area contributed by atoms with Gasteiger partial charge < -0.3 is 4.90 Å². The highest BCUT2D eigenvalue weighted by Crippen LogP contribution is 2.13. The lowest BCUT2D eigenvalue weighted by molar-refractivity contribution is 0.295. The van der Waals surface area contributed by atoms with E-state index >= 15 is 0 Å². The monoisotopic (exact) mass is 423 g/mol. The molecule has 0 aromatic rings. The first-order valence-electron chi connectivity index (χ1n) is 11.8. The predicted molar refractivity (Wildman–Crippen MR) is 122 cm³/mol. The SMILES string of the molecule is CCCCCCCCCCCCCCCCCCN(CC)CC.O=S(=O)(O)O. The first-order chi connectivity index (χ1) is 13.3. The van der Waals surface area contributed by atoms with Crippen molar-refractivity contribution in [1.29, 1.82) is 0 Å². The molecule has 5 nitrogen and oxygen atoms in total. The summed E-state index contributed by atoms with van der Waals surface area (Å²) in [4.78, 5) is 2.55. The van der Waals surface area contributed by atoms with E-state index in [1.54, 1.807) is 0 Å². The van der Waals surface area contributed by atoms with Crippen LogP contribution in [0.4, 0.5) is 0 Å². The Morgan fingerprint density at radius 3 is 1.04 bits per heavy atom. The Morgan fingerprint density at radius 2 is 0.786 bits per heavy atom. The van der Waals surface area contributed by atoms with Crippen LogP contribution in [0.3, 0.4) is 0 Å². The van der Waals surface area contributed by atoms with Gasteiger partial charge >= 0.3 is 10.4 Å². The fourth-order valence-corrected chi connectivity index (χ4v) is 3.42. The molecule has 0 saturated carbocycles. The average molecular weight is 424 g/mol. The third-order valence-electron chi connectivity index (χ3n) is 5.22. The van der Waals surface area contributed by atoms with E-state index in [1.165, 1.54) is 122 Å². The minimum Gasteiger partial charge on any atom is -0.304 e. The molecule has 0 saturated heterocycles. The quantitative estimate of drug-likeness (QED) is 0.174. The molecule has 0 atom stereocenters. The van der Waals surface area contributed by atoms with E-state index in [9.17, 15) is 0 Å². The number of rotatable bonds is 19. The molecule has 0 fully saturated rings. The second-order valence-electron chi connectivity index (χ2n) is 7.78. The van der Waals surface area contributed by atoms with Crippen LogP contribution >= 0.6 is 0 Å². The summed E-state index contributed by atoms with van der Waals surface area (Å²) in [5, 5.41) is 0. The predicted octanol–water partition coefficient (Wildman–Crippen LogP) is 6.94. The number of hydrogen-bond donors (Lipinski definition) is 2. The summed E-state index contributed by atoms with van der Waals surface area (Å²) in [6.45, 7) is 10.6. The molecule has 0 aliphatic rings. The fraction of sp³-hybridized carbons (Fsp3) is 1.00. The van der Waals surface area contributed by atoms with Crippen molar-refractivity contribution in [3.05, 3.63) is 0 Å². The van der Waals surface area contributed by atoms with Crippen LogP contribution < -0.4 is 0 Å². The van der Waals surface area contributed by atoms with E-state index in [0.717, 1.165) is 0 Å². The summed E-state index contributed by atoms with van der Waals surface area (Å²) in [5.74, 6) is 0. The lowest BCUT2D eigenvalue weighted by Gasteiger charge is -2.17. The fourth-order valence-electron chi connectivity index (χ4n) is 3.42. The smallest absolute Gasteiger partial charge is 0.304 e. The van der Waals surface area contributed by atoms with Gasteiger partial charge in [0.15, 0.2) is 0 Å². The van der Waals surface area contributed by atoms with Crippen LogP contribution in [0.5, 0.6) is 0 Å². The molecule has 0 spiro atoms. The van der Waals surface area contributed by atoms with Gasteiger partial charge in [-0.25, -0.2) is 0 Å². The molecule has 0 bridgehead atoms. The minimum absolute atomic E-state index is 1.22. The second-order valence-corrected chi connectivity index (χ2v) is 8.67. The van der Waals surface area contributed by atoms with E-state index in [1.807, 2.05) is 0 Å². The zero-order valence-electron chi connectivity index (χ0n) is 19.0. The molecule has 0 rings (SSSR count). The van der Waals surface area contributed by atoms with Gasteiger partial charge in [0.2, 0.25) is 0 Å². The summed E-state index contributed by atoms with van der Waals surface area (Å²) >= 11 is 0. The third-order valence-corrected chi connectivity index (χ3v) is 5.22. The molecule has 0 radical (unpaired) electrons. The van der Waals surface area contributed by atoms with Crippen molar-refractivity contribution in [2.45, 2.75) is 124 Å². The van der Waals surface area contributed by atoms with Crippen molar-refractivity contribution in [3.63, 3.8) is 0 Å². The van der Waals surface area contributed by atoms with Gasteiger partial charge in [0, 0.05) is 0 Å². The van der Waals surface area contributed by atoms with Gasteiger partial charge in [-0.2, -0.15) is 8.42 Å². The van der Waals surface area contributed by atoms with Gasteiger partial charge in [-0.1, -0.05) is 117 Å². The molecule has 0 aliphatic heterocycles. The van der Waals surface area contributed by atoms with Crippen LogP contribution in [0.1, 0.15) is 124 Å². The van der Waals surface area contributed by atoms with Crippen LogP contribution in [-0.2, 0) is 10.4 Å². The Kier molecular flexibility index (Phi) is 24.8. The highest BCUT2D eigenvalue weighted by atomic mass is 32.3. The standard InChI is InChI=1S/C22H47N.H2O4S/c1-4-7-8-9-10-11-12-13-14-15-16-17-18-19-20-21-22-23(5-2)6-3;1-5(2,3)4/h4-22H2,1-3H3;(H2,1,2,3,4). The molecule has 2 N–H and O–H groups in total. The van der Waals surface area contributed by atoms with Crippen LogP contribution in [0, 0.1) is 0 Å². The Morgan fingerprint density at radius 1 is 0.536 bits per heavy atom. The summed E-state index contributed by atoms with van der Waals surface area (Å²) in [6, 6.07) is 0. The minimum atomic E-state index is -4.67. The van der Waals surface area contributed by atoms with Crippen molar-refractivity contribution >= 4 is 10.4 Å². The Labute approximate surface area is 176 Å². The molecule has 0 aromatic carbocycles. The van der Waals surface area contributed by atoms with Gasteiger partial charge in [-0.3, -0.25) is 9.11 Å². The second kappa shape index (κ2) is 23.1. The maximum absolute atomic E-state index is 8.74. The van der Waals surface area contributed by atoms with Crippen molar-refractivity contribution in [3.8, 4) is 0 Å². The molecular formula is C22H49NO4S. The normalized spacial score (nSPS) is 11.5. The van der Waals surface area contributed by atoms with Crippen molar-refractivity contribution in [2.24, 2.45) is 0 Å². The van der Waals surface area contributed by atoms with E-state index in [0.29, 0.717) is 0 Å². The molecule has 0 aliphatic carbocycles. The molecular weight excluding hydrogens is 374 g/mol. The lowest BCUT2D eigenvalue weighted by atomic mass is 10.0. The van der Waals surface area contributed by atoms with Crippen LogP contribution in [0.15, 0.2) is 0 Å². The van der Waals surface area contributed by atoms with Crippen LogP contribution in [0.25, 0.3) is 0 Å². The van der Waals surface area contributed by atoms with Crippen molar-refractivity contribution in [1.82, 2.24) is 4.90 Å². The maximum atomic E-state index is 8.74. The average Bonchev–Trinajstić information content (AvgIpc) is 2.63. The summed E-state index contributed by atoms with van der Waals surface area (Å²) < 4.78 is 31.6. The highest BCUT2D eigenvalue weighted by molar-refractivity contribution is 7.79. The first kappa shape index (κ1) is 30.0. The van der Waals surface area contributed by atoms with Crippen molar-refractivity contribution in [2.75, 3.05) is 19.6 Å². The van der Waals surface area contributed by atoms with Gasteiger partial charge in [0.05, 0.1) is 0 Å². The molecule has 0 heterocycles. The Hall–Kier alpha value is -0.170. The zero-order valence-corrected chi connectivity index (χ0v) is 19.8. The molecule has 28 heavy (non-hydrogen) atoms. The third kappa shape index (κ3) is 33.4. The Balaban J connectivity index is 0. The molecule has 0 aromatic heterocycles. The molecule has 6 heteroatoms. The Bertz CT molecular complexity index is 376. The number of hydrogen-bond acceptors (Lipinski definition) is 3. The summed E-state index contributed by atoms with van der Waals surface area (Å²) in [5.41, 5.74) is 0. The molecule has 172 valence electrons. The zero-order chi connectivity index (χ0) is 21.5. The first-order valence-corrected chi connectivity index (χ1v) is 13.2. The maximum Gasteiger partial charge on any atom is 0.394 e. The van der Waals surface area contributed by atoms with Gasteiger partial charge in [-0.05, 0) is 26.1 Å². The van der Waals surface area contributed by atoms with Crippen LogP contribution in [-0.4, -0.2) is 42.1 Å². The van der Waals surface area contributed by atoms with E-state index in [2.05, 4.69) is 25.7 Å². The number of nitrogens with zero attached hydrogens (tertiary/aromatic N) is 1. The molecule has 0 unspecified atom stereocenters. The van der Waals surface area contributed by atoms with Gasteiger partial charge in [0.1, 0.15) is 0 Å². The molecule has 0 amide bonds. The van der Waals surface area contributed by atoms with Gasteiger partial charge in [-0.15, -0.1) is 0 Å². The number of unbranched alkanes of at least 4 members (excludes halogenated alkanes) is 15. The van der Waals surface area contributed by atoms with E-state index in [4.69, 9.17) is 17.5 Å². The largest absolute Gasteiger partial charge is 0.394 e. The van der Waals surface area contributed by atoms with Gasteiger partial charge in [0.25, 0.3) is 0 Å². The summed E-state index contributed by atoms with van der Waals surface area (Å²) in [6.07, 6.45) is 23.4. The lowest BCUT2D eigenvalue weighted by Crippen LogP contribution is -2.23. The van der Waals surface area contributed by atoms with Crippen LogP contribution in [0.2, 0.25) is 0 Å². The summed E-state index contributed by atoms with van der Waals surface area (Å²) in [7, 11) is -4.67. The van der Waals surface area contributed by atoms with E-state index in [-0.39, 0.29) is 0 Å². The van der Waals surface area contributed by atoms with Crippen molar-refractivity contribution < 1.29 is 17.5 Å². The highest BCUT2D eigenvalue weighted by Gasteiger charge is 1.98. The topological polar surface area (TPSA) is 77.8 Å². The van der Waals surface area contributed by atoms with E-state index < -0.39 is 10.4 Å².